The summed E-state index contributed by atoms with van der Waals surface area (Å²) in [5.74, 6) is -0.363. The van der Waals surface area contributed by atoms with Gasteiger partial charge in [-0.2, -0.15) is 26.3 Å². The van der Waals surface area contributed by atoms with E-state index in [4.69, 9.17) is 11.6 Å². The van der Waals surface area contributed by atoms with Gasteiger partial charge in [0.25, 0.3) is 0 Å². The normalized spacial score (nSPS) is 18.0. The molecule has 0 saturated carbocycles. The standard InChI is InChI=1S/C22H21ClF6N2O2.ClH/c23-17-6-8-18(9-7-17)30-20(32)33-19(22(27,28)29)13-31-10-2-4-15(12-31)14-3-1-5-16(11-14)21(24,25)26;/h1,3,5-9,11,15,19H,2,4,10,12-13H2,(H,30,32);1H/t15?,19-;/m0./s1. The van der Waals surface area contributed by atoms with Crippen LogP contribution in [0.4, 0.5) is 36.8 Å². The van der Waals surface area contributed by atoms with Crippen molar-refractivity contribution in [2.75, 3.05) is 25.0 Å². The van der Waals surface area contributed by atoms with Gasteiger partial charge in [-0.05, 0) is 61.2 Å². The number of halogens is 8. The summed E-state index contributed by atoms with van der Waals surface area (Å²) in [6.07, 6.45) is -11.9. The zero-order valence-electron chi connectivity index (χ0n) is 17.6. The summed E-state index contributed by atoms with van der Waals surface area (Å²) < 4.78 is 84.4. The van der Waals surface area contributed by atoms with Gasteiger partial charge in [0.05, 0.1) is 5.56 Å². The SMILES string of the molecule is Cl.O=C(Nc1ccc(Cl)cc1)O[C@@H](CN1CCCC(c2cccc(C(F)(F)F)c2)C1)C(F)(F)F. The lowest BCUT2D eigenvalue weighted by atomic mass is 9.89. The lowest BCUT2D eigenvalue weighted by Crippen LogP contribution is -2.47. The first kappa shape index (κ1) is 28.1. The highest BCUT2D eigenvalue weighted by Crippen LogP contribution is 2.34. The number of benzene rings is 2. The second-order valence-corrected chi connectivity index (χ2v) is 8.23. The Morgan fingerprint density at radius 1 is 1.12 bits per heavy atom. The summed E-state index contributed by atoms with van der Waals surface area (Å²) in [4.78, 5) is 13.5. The molecule has 4 nitrogen and oxygen atoms in total. The van der Waals surface area contributed by atoms with Crippen molar-refractivity contribution in [3.05, 3.63) is 64.7 Å². The highest BCUT2D eigenvalue weighted by atomic mass is 35.5. The fourth-order valence-electron chi connectivity index (χ4n) is 3.71. The van der Waals surface area contributed by atoms with E-state index in [-0.39, 0.29) is 30.6 Å². The van der Waals surface area contributed by atoms with Gasteiger partial charge < -0.3 is 4.74 Å². The first-order valence-corrected chi connectivity index (χ1v) is 10.5. The van der Waals surface area contributed by atoms with Gasteiger partial charge in [-0.15, -0.1) is 12.4 Å². The topological polar surface area (TPSA) is 41.6 Å². The van der Waals surface area contributed by atoms with Crippen LogP contribution in [-0.4, -0.2) is 42.9 Å². The van der Waals surface area contributed by atoms with Crippen molar-refractivity contribution in [3.63, 3.8) is 0 Å². The van der Waals surface area contributed by atoms with Crippen LogP contribution in [0, 0.1) is 0 Å². The minimum absolute atomic E-state index is 0. The van der Waals surface area contributed by atoms with Crippen LogP contribution >= 0.6 is 24.0 Å². The molecule has 1 saturated heterocycles. The maximum absolute atomic E-state index is 13.6. The smallest absolute Gasteiger partial charge is 0.426 e. The second kappa shape index (κ2) is 11.5. The van der Waals surface area contributed by atoms with Crippen molar-refractivity contribution in [2.24, 2.45) is 0 Å². The second-order valence-electron chi connectivity index (χ2n) is 7.79. The molecule has 0 aromatic heterocycles. The molecule has 2 atom stereocenters. The molecule has 3 rings (SSSR count). The molecule has 0 bridgehead atoms. The fourth-order valence-corrected chi connectivity index (χ4v) is 3.84. The molecular weight excluding hydrogens is 509 g/mol. The van der Waals surface area contributed by atoms with E-state index in [0.29, 0.717) is 30.0 Å². The number of ether oxygens (including phenoxy) is 1. The molecule has 1 amide bonds. The summed E-state index contributed by atoms with van der Waals surface area (Å²) in [5, 5.41) is 2.61. The van der Waals surface area contributed by atoms with Crippen molar-refractivity contribution in [3.8, 4) is 0 Å². The molecule has 0 aliphatic carbocycles. The van der Waals surface area contributed by atoms with Crippen molar-refractivity contribution < 1.29 is 35.9 Å². The molecule has 1 aliphatic heterocycles. The maximum atomic E-state index is 13.6. The van der Waals surface area contributed by atoms with Crippen molar-refractivity contribution in [2.45, 2.75) is 37.2 Å². The number of nitrogens with zero attached hydrogens (tertiary/aromatic N) is 1. The Morgan fingerprint density at radius 2 is 1.79 bits per heavy atom. The average molecular weight is 531 g/mol. The molecule has 188 valence electrons. The first-order valence-electron chi connectivity index (χ1n) is 10.1. The summed E-state index contributed by atoms with van der Waals surface area (Å²) in [6.45, 7) is -0.187. The lowest BCUT2D eigenvalue weighted by Gasteiger charge is -2.35. The first-order chi connectivity index (χ1) is 15.4. The molecule has 2 aromatic carbocycles. The number of piperidine rings is 1. The molecule has 1 heterocycles. The average Bonchev–Trinajstić information content (AvgIpc) is 2.74. The highest BCUT2D eigenvalue weighted by Gasteiger charge is 2.44. The van der Waals surface area contributed by atoms with Gasteiger partial charge in [0.2, 0.25) is 6.10 Å². The molecule has 1 N–H and O–H groups in total. The zero-order chi connectivity index (χ0) is 24.2. The highest BCUT2D eigenvalue weighted by molar-refractivity contribution is 6.30. The predicted octanol–water partition coefficient (Wildman–Crippen LogP) is 7.14. The predicted molar refractivity (Wildman–Crippen MR) is 119 cm³/mol. The van der Waals surface area contributed by atoms with Crippen molar-refractivity contribution in [1.82, 2.24) is 4.90 Å². The van der Waals surface area contributed by atoms with Gasteiger partial charge in [-0.3, -0.25) is 10.2 Å². The van der Waals surface area contributed by atoms with Crippen LogP contribution in [0.25, 0.3) is 0 Å². The number of carbonyl (C=O) groups is 1. The summed E-state index contributed by atoms with van der Waals surface area (Å²) in [5.41, 5.74) is -0.167. The van der Waals surface area contributed by atoms with Crippen LogP contribution in [0.1, 0.15) is 29.9 Å². The molecule has 2 aromatic rings. The monoisotopic (exact) mass is 530 g/mol. The van der Waals surface area contributed by atoms with E-state index < -0.39 is 36.7 Å². The van der Waals surface area contributed by atoms with Gasteiger partial charge in [0, 0.05) is 23.8 Å². The third-order valence-corrected chi connectivity index (χ3v) is 5.57. The number of nitrogens with one attached hydrogen (secondary N) is 1. The summed E-state index contributed by atoms with van der Waals surface area (Å²) >= 11 is 5.73. The Kier molecular flexibility index (Phi) is 9.50. The number of hydrogen-bond acceptors (Lipinski definition) is 3. The molecule has 1 unspecified atom stereocenters. The number of amides is 1. The van der Waals surface area contributed by atoms with Crippen molar-refractivity contribution >= 4 is 35.8 Å². The van der Waals surface area contributed by atoms with E-state index >= 15 is 0 Å². The third-order valence-electron chi connectivity index (χ3n) is 5.32. The van der Waals surface area contributed by atoms with Crippen molar-refractivity contribution in [1.29, 1.82) is 0 Å². The minimum atomic E-state index is -4.82. The van der Waals surface area contributed by atoms with E-state index in [1.54, 1.807) is 6.07 Å². The number of hydrogen-bond donors (Lipinski definition) is 1. The number of anilines is 1. The van der Waals surface area contributed by atoms with Crippen LogP contribution in [0.2, 0.25) is 5.02 Å². The van der Waals surface area contributed by atoms with Crippen LogP contribution in [0.5, 0.6) is 0 Å². The van der Waals surface area contributed by atoms with Crippen LogP contribution in [-0.2, 0) is 10.9 Å². The summed E-state index contributed by atoms with van der Waals surface area (Å²) in [6, 6.07) is 10.6. The van der Waals surface area contributed by atoms with Gasteiger partial charge in [0.1, 0.15) is 0 Å². The molecule has 0 spiro atoms. The third kappa shape index (κ3) is 7.95. The summed E-state index contributed by atoms with van der Waals surface area (Å²) in [7, 11) is 0. The molecule has 34 heavy (non-hydrogen) atoms. The Labute approximate surface area is 203 Å². The van der Waals surface area contributed by atoms with Gasteiger partial charge in [0.15, 0.2) is 0 Å². The van der Waals surface area contributed by atoms with Crippen LogP contribution < -0.4 is 5.32 Å². The Morgan fingerprint density at radius 3 is 2.41 bits per heavy atom. The Bertz CT molecular complexity index is 954. The Hall–Kier alpha value is -2.17. The van der Waals surface area contributed by atoms with Crippen LogP contribution in [0.15, 0.2) is 48.5 Å². The van der Waals surface area contributed by atoms with E-state index in [0.717, 1.165) is 12.1 Å². The maximum Gasteiger partial charge on any atom is 0.426 e. The lowest BCUT2D eigenvalue weighted by molar-refractivity contribution is -0.207. The van der Waals surface area contributed by atoms with Gasteiger partial charge in [-0.1, -0.05) is 29.8 Å². The van der Waals surface area contributed by atoms with Gasteiger partial charge in [-0.25, -0.2) is 4.79 Å². The van der Waals surface area contributed by atoms with E-state index in [2.05, 4.69) is 10.1 Å². The fraction of sp³-hybridized carbons (Fsp3) is 0.409. The van der Waals surface area contributed by atoms with E-state index in [1.165, 1.54) is 35.2 Å². The molecule has 12 heteroatoms. The quantitative estimate of drug-likeness (QED) is 0.417. The zero-order valence-corrected chi connectivity index (χ0v) is 19.2. The Balaban J connectivity index is 0.00000408. The molecular formula is C22H22Cl2F6N2O2. The minimum Gasteiger partial charge on any atom is -0.435 e. The molecule has 0 radical (unpaired) electrons. The molecule has 1 aliphatic rings. The van der Waals surface area contributed by atoms with Gasteiger partial charge >= 0.3 is 18.4 Å². The van der Waals surface area contributed by atoms with E-state index in [9.17, 15) is 31.1 Å². The number of likely N-dealkylation sites (tertiary alicyclic amines) is 1. The van der Waals surface area contributed by atoms with Crippen LogP contribution in [0.3, 0.4) is 0 Å². The largest absolute Gasteiger partial charge is 0.435 e. The molecule has 1 fully saturated rings. The van der Waals surface area contributed by atoms with E-state index in [1.807, 2.05) is 0 Å². The number of rotatable bonds is 5. The number of alkyl halides is 6. The number of carbonyl (C=O) groups excluding carboxylic acids is 1.